The van der Waals surface area contributed by atoms with Crippen LogP contribution in [0.15, 0.2) is 0 Å². The number of rotatable bonds is 7. The van der Waals surface area contributed by atoms with Crippen LogP contribution in [0.5, 0.6) is 0 Å². The Hall–Kier alpha value is -0.220. The Balaban J connectivity index is 1.61. The van der Waals surface area contributed by atoms with Crippen molar-refractivity contribution >= 4 is 17.7 Å². The number of nitrogens with one attached hydrogen (secondary N) is 2. The lowest BCUT2D eigenvalue weighted by Gasteiger charge is -2.36. The topological polar surface area (TPSA) is 41.1 Å². The van der Waals surface area contributed by atoms with E-state index in [-0.39, 0.29) is 5.91 Å². The normalized spacial score (nSPS) is 22.7. The molecular formula is C14H26N2OS. The van der Waals surface area contributed by atoms with E-state index >= 15 is 0 Å². The Bertz CT molecular complexity index is 273. The third kappa shape index (κ3) is 4.47. The van der Waals surface area contributed by atoms with E-state index in [2.05, 4.69) is 16.9 Å². The molecule has 2 aliphatic rings. The summed E-state index contributed by atoms with van der Waals surface area (Å²) in [5.74, 6) is 0.929. The summed E-state index contributed by atoms with van der Waals surface area (Å²) in [6.07, 6.45) is 11.5. The summed E-state index contributed by atoms with van der Waals surface area (Å²) in [4.78, 5) is 11.6. The maximum absolute atomic E-state index is 11.6. The summed E-state index contributed by atoms with van der Waals surface area (Å²) in [5, 5.41) is 6.36. The molecule has 4 heteroatoms. The zero-order valence-electron chi connectivity index (χ0n) is 11.5. The maximum atomic E-state index is 11.6. The van der Waals surface area contributed by atoms with E-state index in [4.69, 9.17) is 0 Å². The first-order valence-corrected chi connectivity index (χ1v) is 8.49. The van der Waals surface area contributed by atoms with Gasteiger partial charge in [-0.05, 0) is 37.9 Å². The third-order valence-corrected chi connectivity index (χ3v) is 5.63. The van der Waals surface area contributed by atoms with Gasteiger partial charge in [-0.15, -0.1) is 0 Å². The number of hydrogen-bond donors (Lipinski definition) is 2. The van der Waals surface area contributed by atoms with E-state index < -0.39 is 0 Å². The molecule has 104 valence electrons. The zero-order chi connectivity index (χ0) is 12.8. The summed E-state index contributed by atoms with van der Waals surface area (Å²) < 4.78 is 0.384. The number of carbonyl (C=O) groups excluding carboxylic acids is 1. The number of amides is 1. The molecule has 2 aliphatic carbocycles. The third-order valence-electron chi connectivity index (χ3n) is 4.22. The SMILES string of the molecule is CSC1(CNCC(=O)NCC2CC2)CCCCC1. The van der Waals surface area contributed by atoms with Crippen LogP contribution in [0.4, 0.5) is 0 Å². The quantitative estimate of drug-likeness (QED) is 0.745. The highest BCUT2D eigenvalue weighted by molar-refractivity contribution is 8.00. The van der Waals surface area contributed by atoms with Gasteiger partial charge in [-0.3, -0.25) is 4.79 Å². The van der Waals surface area contributed by atoms with Gasteiger partial charge in [0.25, 0.3) is 0 Å². The fourth-order valence-corrected chi connectivity index (χ4v) is 3.64. The van der Waals surface area contributed by atoms with Gasteiger partial charge >= 0.3 is 0 Å². The summed E-state index contributed by atoms with van der Waals surface area (Å²) in [5.41, 5.74) is 0. The fraction of sp³-hybridized carbons (Fsp3) is 0.929. The van der Waals surface area contributed by atoms with Crippen molar-refractivity contribution in [3.8, 4) is 0 Å². The van der Waals surface area contributed by atoms with Crippen molar-refractivity contribution in [1.82, 2.24) is 10.6 Å². The van der Waals surface area contributed by atoms with Crippen molar-refractivity contribution < 1.29 is 4.79 Å². The summed E-state index contributed by atoms with van der Waals surface area (Å²) in [6, 6.07) is 0. The van der Waals surface area contributed by atoms with Crippen LogP contribution in [0, 0.1) is 5.92 Å². The van der Waals surface area contributed by atoms with Crippen LogP contribution in [-0.4, -0.2) is 36.5 Å². The highest BCUT2D eigenvalue weighted by Crippen LogP contribution is 2.37. The first kappa shape index (κ1) is 14.2. The highest BCUT2D eigenvalue weighted by Gasteiger charge is 2.30. The summed E-state index contributed by atoms with van der Waals surface area (Å²) in [6.45, 7) is 2.34. The van der Waals surface area contributed by atoms with Crippen LogP contribution in [-0.2, 0) is 4.79 Å². The van der Waals surface area contributed by atoms with Crippen LogP contribution >= 0.6 is 11.8 Å². The molecule has 0 atom stereocenters. The smallest absolute Gasteiger partial charge is 0.233 e. The average Bonchev–Trinajstić information content (AvgIpc) is 3.21. The van der Waals surface area contributed by atoms with E-state index in [1.807, 2.05) is 11.8 Å². The predicted molar refractivity (Wildman–Crippen MR) is 77.9 cm³/mol. The van der Waals surface area contributed by atoms with Gasteiger partial charge in [0.05, 0.1) is 6.54 Å². The average molecular weight is 270 g/mol. The second-order valence-corrected chi connectivity index (χ2v) is 7.07. The first-order valence-electron chi connectivity index (χ1n) is 7.27. The molecule has 3 nitrogen and oxygen atoms in total. The fourth-order valence-electron chi connectivity index (χ4n) is 2.70. The van der Waals surface area contributed by atoms with Crippen molar-refractivity contribution in [3.05, 3.63) is 0 Å². The molecule has 0 aromatic carbocycles. The number of thioether (sulfide) groups is 1. The van der Waals surface area contributed by atoms with Crippen molar-refractivity contribution in [2.45, 2.75) is 49.7 Å². The molecule has 0 aromatic heterocycles. The Morgan fingerprint density at radius 1 is 1.28 bits per heavy atom. The molecule has 0 spiro atoms. The van der Waals surface area contributed by atoms with Crippen LogP contribution in [0.1, 0.15) is 44.9 Å². The minimum atomic E-state index is 0.161. The molecule has 2 saturated carbocycles. The molecule has 0 unspecified atom stereocenters. The van der Waals surface area contributed by atoms with Gasteiger partial charge in [-0.2, -0.15) is 11.8 Å². The summed E-state index contributed by atoms with van der Waals surface area (Å²) in [7, 11) is 0. The highest BCUT2D eigenvalue weighted by atomic mass is 32.2. The van der Waals surface area contributed by atoms with Crippen molar-refractivity contribution in [2.75, 3.05) is 25.9 Å². The molecule has 0 heterocycles. The molecule has 0 saturated heterocycles. The molecule has 2 N–H and O–H groups in total. The van der Waals surface area contributed by atoms with Crippen molar-refractivity contribution in [3.63, 3.8) is 0 Å². The first-order chi connectivity index (χ1) is 8.74. The van der Waals surface area contributed by atoms with Crippen LogP contribution in [0.2, 0.25) is 0 Å². The van der Waals surface area contributed by atoms with Crippen molar-refractivity contribution in [2.24, 2.45) is 5.92 Å². The van der Waals surface area contributed by atoms with Gasteiger partial charge in [0.1, 0.15) is 0 Å². The Labute approximate surface area is 115 Å². The van der Waals surface area contributed by atoms with Gasteiger partial charge in [-0.25, -0.2) is 0 Å². The Kier molecular flexibility index (Phi) is 5.37. The minimum absolute atomic E-state index is 0.161. The second kappa shape index (κ2) is 6.80. The van der Waals surface area contributed by atoms with Gasteiger partial charge < -0.3 is 10.6 Å². The Morgan fingerprint density at radius 3 is 2.61 bits per heavy atom. The molecule has 0 aliphatic heterocycles. The van der Waals surface area contributed by atoms with E-state index in [1.165, 1.54) is 44.9 Å². The number of carbonyl (C=O) groups is 1. The summed E-state index contributed by atoms with van der Waals surface area (Å²) >= 11 is 1.98. The van der Waals surface area contributed by atoms with E-state index in [9.17, 15) is 4.79 Å². The van der Waals surface area contributed by atoms with Gasteiger partial charge in [0, 0.05) is 17.8 Å². The molecule has 1 amide bonds. The lowest BCUT2D eigenvalue weighted by molar-refractivity contribution is -0.120. The molecule has 0 aromatic rings. The molecule has 18 heavy (non-hydrogen) atoms. The maximum Gasteiger partial charge on any atom is 0.233 e. The molecule has 0 bridgehead atoms. The van der Waals surface area contributed by atoms with Crippen molar-refractivity contribution in [1.29, 1.82) is 0 Å². The monoisotopic (exact) mass is 270 g/mol. The standard InChI is InChI=1S/C14H26N2OS/c1-18-14(7-3-2-4-8-14)11-15-10-13(17)16-9-12-5-6-12/h12,15H,2-11H2,1H3,(H,16,17). The predicted octanol–water partition coefficient (Wildman–Crippen LogP) is 2.17. The van der Waals surface area contributed by atoms with E-state index in [0.717, 1.165) is 19.0 Å². The molecule has 0 radical (unpaired) electrons. The van der Waals surface area contributed by atoms with Gasteiger partial charge in [0.2, 0.25) is 5.91 Å². The molecule has 2 fully saturated rings. The van der Waals surface area contributed by atoms with Crippen LogP contribution in [0.25, 0.3) is 0 Å². The lowest BCUT2D eigenvalue weighted by Crippen LogP contribution is -2.43. The van der Waals surface area contributed by atoms with Crippen LogP contribution in [0.3, 0.4) is 0 Å². The van der Waals surface area contributed by atoms with E-state index in [1.54, 1.807) is 0 Å². The minimum Gasteiger partial charge on any atom is -0.355 e. The number of hydrogen-bond acceptors (Lipinski definition) is 3. The lowest BCUT2D eigenvalue weighted by atomic mass is 9.88. The molecular weight excluding hydrogens is 244 g/mol. The van der Waals surface area contributed by atoms with Gasteiger partial charge in [-0.1, -0.05) is 19.3 Å². The Morgan fingerprint density at radius 2 is 2.00 bits per heavy atom. The largest absolute Gasteiger partial charge is 0.355 e. The van der Waals surface area contributed by atoms with Crippen LogP contribution < -0.4 is 10.6 Å². The molecule has 2 rings (SSSR count). The second-order valence-electron chi connectivity index (χ2n) is 5.80. The van der Waals surface area contributed by atoms with E-state index in [0.29, 0.717) is 11.3 Å². The van der Waals surface area contributed by atoms with Gasteiger partial charge in [0.15, 0.2) is 0 Å². The zero-order valence-corrected chi connectivity index (χ0v) is 12.3.